The average Bonchev–Trinajstić information content (AvgIpc) is 3.16. The number of hydrogen-bond acceptors (Lipinski definition) is 3. The number of hydrogen-bond donors (Lipinski definition) is 0. The van der Waals surface area contributed by atoms with Gasteiger partial charge in [0, 0.05) is 32.7 Å². The van der Waals surface area contributed by atoms with Gasteiger partial charge in [-0.25, -0.2) is 0 Å². The second-order valence-corrected chi connectivity index (χ2v) is 8.28. The maximum absolute atomic E-state index is 13.7. The van der Waals surface area contributed by atoms with Gasteiger partial charge in [0.1, 0.15) is 5.66 Å². The van der Waals surface area contributed by atoms with Crippen LogP contribution in [-0.2, 0) is 11.2 Å². The van der Waals surface area contributed by atoms with Crippen molar-refractivity contribution < 1.29 is 4.79 Å². The quantitative estimate of drug-likeness (QED) is 0.827. The fourth-order valence-electron chi connectivity index (χ4n) is 5.20. The summed E-state index contributed by atoms with van der Waals surface area (Å²) in [6, 6.07) is 8.59. The van der Waals surface area contributed by atoms with Crippen molar-refractivity contribution in [1.29, 1.82) is 0 Å². The first kappa shape index (κ1) is 17.0. The molecule has 3 aliphatic rings. The molecule has 0 spiro atoms. The minimum absolute atomic E-state index is 0.0512. The van der Waals surface area contributed by atoms with Crippen LogP contribution in [0.3, 0.4) is 0 Å². The Morgan fingerprint density at radius 2 is 1.84 bits per heavy atom. The van der Waals surface area contributed by atoms with Crippen molar-refractivity contribution in [3.05, 3.63) is 35.4 Å². The molecule has 4 heteroatoms. The van der Waals surface area contributed by atoms with E-state index in [1.807, 2.05) is 0 Å². The number of carbonyl (C=O) groups is 1. The summed E-state index contributed by atoms with van der Waals surface area (Å²) in [5, 5.41) is 0. The van der Waals surface area contributed by atoms with Crippen molar-refractivity contribution in [1.82, 2.24) is 14.7 Å². The molecule has 2 aliphatic heterocycles. The van der Waals surface area contributed by atoms with Crippen LogP contribution in [0.4, 0.5) is 0 Å². The van der Waals surface area contributed by atoms with E-state index in [1.54, 1.807) is 0 Å². The lowest BCUT2D eigenvalue weighted by molar-refractivity contribution is -0.155. The molecule has 4 nitrogen and oxygen atoms in total. The Hall–Kier alpha value is -1.39. The molecule has 2 fully saturated rings. The standard InChI is InChI=1S/C21H31N3O/c1-21(23-12-5-6-13-23)16-22(2)14-15-24(21)20(25)19-11-7-9-17-8-3-4-10-18(17)19/h3-4,8,10,19H,5-7,9,11-16H2,1-2H3. The van der Waals surface area contributed by atoms with Crippen LogP contribution in [0.1, 0.15) is 49.7 Å². The highest BCUT2D eigenvalue weighted by atomic mass is 16.2. The van der Waals surface area contributed by atoms with Gasteiger partial charge in [0.15, 0.2) is 0 Å². The Bertz CT molecular complexity index is 640. The van der Waals surface area contributed by atoms with Crippen LogP contribution in [-0.4, -0.2) is 66.0 Å². The van der Waals surface area contributed by atoms with E-state index < -0.39 is 0 Å². The van der Waals surface area contributed by atoms with Crippen LogP contribution < -0.4 is 0 Å². The summed E-state index contributed by atoms with van der Waals surface area (Å²) in [6.45, 7) is 7.31. The van der Waals surface area contributed by atoms with Gasteiger partial charge in [-0.1, -0.05) is 24.3 Å². The number of rotatable bonds is 2. The maximum Gasteiger partial charge on any atom is 0.231 e. The molecule has 0 radical (unpaired) electrons. The van der Waals surface area contributed by atoms with Crippen molar-refractivity contribution in [2.24, 2.45) is 0 Å². The first-order valence-electron chi connectivity index (χ1n) is 9.92. The number of nitrogens with zero attached hydrogens (tertiary/aromatic N) is 3. The van der Waals surface area contributed by atoms with Gasteiger partial charge in [0.05, 0.1) is 5.92 Å². The molecule has 0 bridgehead atoms. The minimum atomic E-state index is -0.160. The van der Waals surface area contributed by atoms with Crippen LogP contribution >= 0.6 is 0 Å². The average molecular weight is 341 g/mol. The first-order valence-corrected chi connectivity index (χ1v) is 9.92. The number of aryl methyl sites for hydroxylation is 1. The molecule has 25 heavy (non-hydrogen) atoms. The zero-order valence-corrected chi connectivity index (χ0v) is 15.7. The molecular weight excluding hydrogens is 310 g/mol. The zero-order valence-electron chi connectivity index (χ0n) is 15.7. The van der Waals surface area contributed by atoms with Gasteiger partial charge in [0.2, 0.25) is 5.91 Å². The van der Waals surface area contributed by atoms with Gasteiger partial charge >= 0.3 is 0 Å². The lowest BCUT2D eigenvalue weighted by Crippen LogP contribution is -2.69. The topological polar surface area (TPSA) is 26.8 Å². The summed E-state index contributed by atoms with van der Waals surface area (Å²) in [5.41, 5.74) is 2.50. The highest BCUT2D eigenvalue weighted by Gasteiger charge is 2.46. The number of likely N-dealkylation sites (N-methyl/N-ethyl adjacent to an activating group) is 1. The third-order valence-corrected chi connectivity index (χ3v) is 6.58. The first-order chi connectivity index (χ1) is 12.1. The van der Waals surface area contributed by atoms with Crippen molar-refractivity contribution in [3.8, 4) is 0 Å². The second kappa shape index (κ2) is 6.73. The summed E-state index contributed by atoms with van der Waals surface area (Å²) in [4.78, 5) is 20.8. The summed E-state index contributed by atoms with van der Waals surface area (Å²) >= 11 is 0. The van der Waals surface area contributed by atoms with Crippen LogP contribution in [0.25, 0.3) is 0 Å². The largest absolute Gasteiger partial charge is 0.321 e. The smallest absolute Gasteiger partial charge is 0.231 e. The van der Waals surface area contributed by atoms with E-state index >= 15 is 0 Å². The molecule has 136 valence electrons. The highest BCUT2D eigenvalue weighted by molar-refractivity contribution is 5.85. The fraction of sp³-hybridized carbons (Fsp3) is 0.667. The highest BCUT2D eigenvalue weighted by Crippen LogP contribution is 2.37. The van der Waals surface area contributed by atoms with E-state index in [0.29, 0.717) is 5.91 Å². The van der Waals surface area contributed by atoms with Gasteiger partial charge in [-0.3, -0.25) is 9.69 Å². The SMILES string of the molecule is CN1CCN(C(=O)C2CCCc3ccccc32)C(C)(N2CCCC2)C1. The van der Waals surface area contributed by atoms with Gasteiger partial charge in [-0.05, 0) is 57.2 Å². The van der Waals surface area contributed by atoms with E-state index in [2.05, 4.69) is 52.9 Å². The molecule has 0 aromatic heterocycles. The molecule has 2 saturated heterocycles. The Balaban J connectivity index is 1.64. The monoisotopic (exact) mass is 341 g/mol. The third kappa shape index (κ3) is 3.00. The summed E-state index contributed by atoms with van der Waals surface area (Å²) in [6.07, 6.45) is 5.76. The Labute approximate surface area is 151 Å². The van der Waals surface area contributed by atoms with E-state index in [-0.39, 0.29) is 11.6 Å². The number of benzene rings is 1. The third-order valence-electron chi connectivity index (χ3n) is 6.58. The molecule has 1 amide bonds. The molecule has 0 N–H and O–H groups in total. The van der Waals surface area contributed by atoms with Crippen molar-refractivity contribution in [2.45, 2.75) is 50.6 Å². The van der Waals surface area contributed by atoms with Gasteiger partial charge in [-0.15, -0.1) is 0 Å². The van der Waals surface area contributed by atoms with E-state index in [0.717, 1.165) is 52.0 Å². The molecule has 1 aliphatic carbocycles. The Kier molecular flexibility index (Phi) is 4.59. The van der Waals surface area contributed by atoms with E-state index in [4.69, 9.17) is 0 Å². The summed E-state index contributed by atoms with van der Waals surface area (Å²) < 4.78 is 0. The lowest BCUT2D eigenvalue weighted by Gasteiger charge is -2.53. The Morgan fingerprint density at radius 3 is 2.64 bits per heavy atom. The predicted molar refractivity (Wildman–Crippen MR) is 101 cm³/mol. The molecule has 1 aromatic rings. The number of amides is 1. The number of likely N-dealkylation sites (tertiary alicyclic amines) is 1. The zero-order chi connectivity index (χ0) is 17.4. The van der Waals surface area contributed by atoms with Crippen molar-refractivity contribution in [3.63, 3.8) is 0 Å². The Morgan fingerprint density at radius 1 is 1.08 bits per heavy atom. The second-order valence-electron chi connectivity index (χ2n) is 8.28. The number of carbonyl (C=O) groups excluding carboxylic acids is 1. The number of piperazine rings is 1. The molecular formula is C21H31N3O. The fourth-order valence-corrected chi connectivity index (χ4v) is 5.20. The van der Waals surface area contributed by atoms with Gasteiger partial charge in [0.25, 0.3) is 0 Å². The van der Waals surface area contributed by atoms with Gasteiger partial charge in [-0.2, -0.15) is 0 Å². The molecule has 4 rings (SSSR count). The maximum atomic E-state index is 13.7. The van der Waals surface area contributed by atoms with Crippen LogP contribution in [0.15, 0.2) is 24.3 Å². The summed E-state index contributed by atoms with van der Waals surface area (Å²) in [5.74, 6) is 0.407. The normalized spacial score (nSPS) is 31.1. The summed E-state index contributed by atoms with van der Waals surface area (Å²) in [7, 11) is 2.19. The molecule has 2 atom stereocenters. The molecule has 2 unspecified atom stereocenters. The molecule has 1 aromatic carbocycles. The van der Waals surface area contributed by atoms with Crippen molar-refractivity contribution in [2.75, 3.05) is 39.8 Å². The molecule has 2 heterocycles. The van der Waals surface area contributed by atoms with E-state index in [9.17, 15) is 4.79 Å². The van der Waals surface area contributed by atoms with E-state index in [1.165, 1.54) is 24.0 Å². The predicted octanol–water partition coefficient (Wildman–Crippen LogP) is 2.69. The number of fused-ring (bicyclic) bond motifs is 1. The van der Waals surface area contributed by atoms with Gasteiger partial charge < -0.3 is 9.80 Å². The van der Waals surface area contributed by atoms with Crippen molar-refractivity contribution >= 4 is 5.91 Å². The molecule has 0 saturated carbocycles. The van der Waals surface area contributed by atoms with Crippen LogP contribution in [0.5, 0.6) is 0 Å². The minimum Gasteiger partial charge on any atom is -0.321 e. The van der Waals surface area contributed by atoms with Crippen LogP contribution in [0.2, 0.25) is 0 Å². The lowest BCUT2D eigenvalue weighted by atomic mass is 9.81. The van der Waals surface area contributed by atoms with Crippen LogP contribution in [0, 0.1) is 0 Å².